The molecule has 2 rings (SSSR count). The van der Waals surface area contributed by atoms with E-state index >= 15 is 0 Å². The molecule has 19 heavy (non-hydrogen) atoms. The number of nitrogens with one attached hydrogen (secondary N) is 2. The van der Waals surface area contributed by atoms with E-state index in [9.17, 15) is 4.79 Å². The highest BCUT2D eigenvalue weighted by atomic mass is 16.2. The van der Waals surface area contributed by atoms with Crippen molar-refractivity contribution >= 4 is 11.9 Å². The first-order valence-electron chi connectivity index (χ1n) is 7.26. The third kappa shape index (κ3) is 3.26. The van der Waals surface area contributed by atoms with Crippen LogP contribution in [0.1, 0.15) is 47.0 Å². The molecule has 0 aromatic heterocycles. The number of hydrogen-bond acceptors (Lipinski definition) is 4. The summed E-state index contributed by atoms with van der Waals surface area (Å²) in [5.74, 6) is 0.708. The summed E-state index contributed by atoms with van der Waals surface area (Å²) in [6.07, 6.45) is 2.71. The molecule has 0 radical (unpaired) electrons. The molecule has 0 aliphatic carbocycles. The number of rotatable bonds is 1. The molecular formula is C14H26N4O. The van der Waals surface area contributed by atoms with Gasteiger partial charge in [0, 0.05) is 12.1 Å². The second-order valence-electron chi connectivity index (χ2n) is 6.61. The lowest BCUT2D eigenvalue weighted by atomic mass is 9.91. The van der Waals surface area contributed by atoms with Crippen LogP contribution in [0.3, 0.4) is 0 Å². The van der Waals surface area contributed by atoms with E-state index in [1.165, 1.54) is 0 Å². The van der Waals surface area contributed by atoms with Gasteiger partial charge in [0.2, 0.25) is 0 Å². The maximum absolute atomic E-state index is 12.3. The Kier molecular flexibility index (Phi) is 3.85. The summed E-state index contributed by atoms with van der Waals surface area (Å²) in [6, 6.07) is 0. The van der Waals surface area contributed by atoms with Crippen LogP contribution in [0.4, 0.5) is 0 Å². The quantitative estimate of drug-likeness (QED) is 0.747. The normalized spacial score (nSPS) is 29.1. The van der Waals surface area contributed by atoms with Crippen molar-refractivity contribution in [3.05, 3.63) is 0 Å². The van der Waals surface area contributed by atoms with E-state index in [4.69, 9.17) is 4.99 Å². The maximum Gasteiger partial charge on any atom is 0.254 e. The minimum absolute atomic E-state index is 0.0669. The third-order valence-electron chi connectivity index (χ3n) is 3.83. The van der Waals surface area contributed by atoms with Gasteiger partial charge in [0.1, 0.15) is 5.54 Å². The summed E-state index contributed by atoms with van der Waals surface area (Å²) in [6.45, 7) is 11.5. The SMILES string of the molecule is CCN1CCCC2(CC1)N=C(NC(C)(C)C)NC2=O. The number of amides is 1. The molecule has 1 unspecified atom stereocenters. The molecule has 1 fully saturated rings. The predicted molar refractivity (Wildman–Crippen MR) is 77.2 cm³/mol. The molecule has 5 nitrogen and oxygen atoms in total. The van der Waals surface area contributed by atoms with Crippen LogP contribution in [0.2, 0.25) is 0 Å². The first kappa shape index (κ1) is 14.3. The van der Waals surface area contributed by atoms with Gasteiger partial charge in [-0.05, 0) is 53.1 Å². The van der Waals surface area contributed by atoms with Crippen LogP contribution in [0.15, 0.2) is 4.99 Å². The number of nitrogens with zero attached hydrogens (tertiary/aromatic N) is 2. The zero-order valence-electron chi connectivity index (χ0n) is 12.5. The van der Waals surface area contributed by atoms with Gasteiger partial charge in [-0.15, -0.1) is 0 Å². The molecule has 1 atom stereocenters. The molecule has 1 saturated heterocycles. The van der Waals surface area contributed by atoms with Crippen LogP contribution >= 0.6 is 0 Å². The van der Waals surface area contributed by atoms with E-state index in [1.54, 1.807) is 0 Å². The molecule has 2 N–H and O–H groups in total. The largest absolute Gasteiger partial charge is 0.351 e. The number of guanidine groups is 1. The number of likely N-dealkylation sites (tertiary alicyclic amines) is 1. The molecule has 1 amide bonds. The standard InChI is InChI=1S/C14H26N4O/c1-5-18-9-6-7-14(8-10-18)11(19)15-12(17-14)16-13(2,3)4/h5-10H2,1-4H3,(H2,15,16,17,19). The fourth-order valence-electron chi connectivity index (χ4n) is 2.76. The van der Waals surface area contributed by atoms with Crippen molar-refractivity contribution < 1.29 is 4.79 Å². The van der Waals surface area contributed by atoms with Crippen LogP contribution in [0, 0.1) is 0 Å². The lowest BCUT2D eigenvalue weighted by molar-refractivity contribution is -0.124. The number of aliphatic imine (C=N–C) groups is 1. The third-order valence-corrected chi connectivity index (χ3v) is 3.83. The van der Waals surface area contributed by atoms with Gasteiger partial charge in [0.25, 0.3) is 5.91 Å². The van der Waals surface area contributed by atoms with Crippen LogP contribution in [0.25, 0.3) is 0 Å². The minimum Gasteiger partial charge on any atom is -0.351 e. The summed E-state index contributed by atoms with van der Waals surface area (Å²) < 4.78 is 0. The highest BCUT2D eigenvalue weighted by molar-refractivity contribution is 6.07. The molecule has 0 aromatic rings. The van der Waals surface area contributed by atoms with Crippen molar-refractivity contribution in [3.8, 4) is 0 Å². The monoisotopic (exact) mass is 266 g/mol. The number of carbonyl (C=O) groups is 1. The minimum atomic E-state index is -0.530. The molecule has 0 bridgehead atoms. The fraction of sp³-hybridized carbons (Fsp3) is 0.857. The summed E-state index contributed by atoms with van der Waals surface area (Å²) in [7, 11) is 0. The van der Waals surface area contributed by atoms with E-state index in [2.05, 4.69) is 43.2 Å². The molecular weight excluding hydrogens is 240 g/mol. The summed E-state index contributed by atoms with van der Waals surface area (Å²) in [4.78, 5) is 19.4. The van der Waals surface area contributed by atoms with E-state index in [0.29, 0.717) is 5.96 Å². The lowest BCUT2D eigenvalue weighted by Gasteiger charge is -2.22. The zero-order valence-corrected chi connectivity index (χ0v) is 12.5. The molecule has 2 aliphatic rings. The Morgan fingerprint density at radius 2 is 2.11 bits per heavy atom. The van der Waals surface area contributed by atoms with Crippen LogP contribution in [0.5, 0.6) is 0 Å². The van der Waals surface area contributed by atoms with Crippen molar-refractivity contribution in [1.29, 1.82) is 0 Å². The predicted octanol–water partition coefficient (Wildman–Crippen LogP) is 1.10. The Labute approximate surface area is 115 Å². The second kappa shape index (κ2) is 5.12. The van der Waals surface area contributed by atoms with Crippen LogP contribution < -0.4 is 10.6 Å². The molecule has 2 aliphatic heterocycles. The lowest BCUT2D eigenvalue weighted by Crippen LogP contribution is -2.47. The molecule has 2 heterocycles. The van der Waals surface area contributed by atoms with Crippen molar-refractivity contribution in [2.45, 2.75) is 58.0 Å². The summed E-state index contributed by atoms with van der Waals surface area (Å²) >= 11 is 0. The van der Waals surface area contributed by atoms with Gasteiger partial charge in [-0.25, -0.2) is 4.99 Å². The molecule has 5 heteroatoms. The van der Waals surface area contributed by atoms with Gasteiger partial charge in [0.05, 0.1) is 0 Å². The second-order valence-corrected chi connectivity index (χ2v) is 6.61. The number of carbonyl (C=O) groups excluding carboxylic acids is 1. The first-order valence-corrected chi connectivity index (χ1v) is 7.26. The van der Waals surface area contributed by atoms with Gasteiger partial charge in [-0.2, -0.15) is 0 Å². The van der Waals surface area contributed by atoms with Crippen molar-refractivity contribution in [2.24, 2.45) is 4.99 Å². The van der Waals surface area contributed by atoms with Gasteiger partial charge < -0.3 is 10.2 Å². The van der Waals surface area contributed by atoms with Crippen molar-refractivity contribution in [2.75, 3.05) is 19.6 Å². The van der Waals surface area contributed by atoms with Crippen LogP contribution in [-0.4, -0.2) is 47.5 Å². The summed E-state index contributed by atoms with van der Waals surface area (Å²) in [5.41, 5.74) is -0.616. The summed E-state index contributed by atoms with van der Waals surface area (Å²) in [5, 5.41) is 6.18. The van der Waals surface area contributed by atoms with Gasteiger partial charge in [-0.1, -0.05) is 6.92 Å². The highest BCUT2D eigenvalue weighted by Crippen LogP contribution is 2.29. The maximum atomic E-state index is 12.3. The van der Waals surface area contributed by atoms with E-state index in [-0.39, 0.29) is 11.4 Å². The van der Waals surface area contributed by atoms with Gasteiger partial charge in [0.15, 0.2) is 5.96 Å². The Hall–Kier alpha value is -1.10. The van der Waals surface area contributed by atoms with E-state index in [0.717, 1.165) is 38.9 Å². The fourth-order valence-corrected chi connectivity index (χ4v) is 2.76. The van der Waals surface area contributed by atoms with E-state index < -0.39 is 5.54 Å². The molecule has 108 valence electrons. The van der Waals surface area contributed by atoms with Crippen molar-refractivity contribution in [1.82, 2.24) is 15.5 Å². The van der Waals surface area contributed by atoms with Gasteiger partial charge in [-0.3, -0.25) is 10.1 Å². The Morgan fingerprint density at radius 1 is 1.37 bits per heavy atom. The Balaban J connectivity index is 2.12. The average molecular weight is 266 g/mol. The Bertz CT molecular complexity index is 385. The average Bonchev–Trinajstić information content (AvgIpc) is 2.48. The smallest absolute Gasteiger partial charge is 0.254 e. The molecule has 0 saturated carbocycles. The first-order chi connectivity index (χ1) is 8.85. The molecule has 0 aromatic carbocycles. The van der Waals surface area contributed by atoms with Crippen molar-refractivity contribution in [3.63, 3.8) is 0 Å². The number of hydrogen-bond donors (Lipinski definition) is 2. The zero-order chi connectivity index (χ0) is 14.1. The molecule has 1 spiro atoms. The van der Waals surface area contributed by atoms with Crippen LogP contribution in [-0.2, 0) is 4.79 Å². The van der Waals surface area contributed by atoms with E-state index in [1.807, 2.05) is 0 Å². The Morgan fingerprint density at radius 3 is 2.74 bits per heavy atom. The van der Waals surface area contributed by atoms with Gasteiger partial charge >= 0.3 is 0 Å². The highest BCUT2D eigenvalue weighted by Gasteiger charge is 2.44. The topological polar surface area (TPSA) is 56.7 Å².